The second-order valence-electron chi connectivity index (χ2n) is 7.91. The number of carboxylic acid groups (broad SMARTS) is 1. The number of hydrazone groups is 1. The number of nitrogens with one attached hydrogen (secondary N) is 2. The summed E-state index contributed by atoms with van der Waals surface area (Å²) in [7, 11) is 0. The molecule has 2 aromatic carbocycles. The van der Waals surface area contributed by atoms with E-state index in [1.807, 2.05) is 0 Å². The van der Waals surface area contributed by atoms with Gasteiger partial charge < -0.3 is 20.0 Å². The standard InChI is InChI=1S/C23H26F3N3O4/c1-13-12-18(10-11-19(13)33-22(4,5)21(30)31)32-15(3)20(14(2)27)29-28-17-8-6-16(7-9-17)23(24,25)26/h6-12,15,27-28H,1-5H3,(H,30,31)/b27-14?,29-20+. The van der Waals surface area contributed by atoms with Crippen LogP contribution < -0.4 is 14.9 Å². The molecule has 0 amide bonds. The fourth-order valence-corrected chi connectivity index (χ4v) is 2.73. The summed E-state index contributed by atoms with van der Waals surface area (Å²) in [4.78, 5) is 11.3. The Balaban J connectivity index is 2.13. The van der Waals surface area contributed by atoms with Crippen LogP contribution >= 0.6 is 0 Å². The fraction of sp³-hybridized carbons (Fsp3) is 0.348. The molecular weight excluding hydrogens is 439 g/mol. The highest BCUT2D eigenvalue weighted by Crippen LogP contribution is 2.30. The molecular formula is C23H26F3N3O4. The lowest BCUT2D eigenvalue weighted by atomic mass is 10.1. The summed E-state index contributed by atoms with van der Waals surface area (Å²) in [6, 6.07) is 9.24. The van der Waals surface area contributed by atoms with Crippen molar-refractivity contribution < 1.29 is 32.5 Å². The van der Waals surface area contributed by atoms with Crippen LogP contribution in [0.2, 0.25) is 0 Å². The highest BCUT2D eigenvalue weighted by molar-refractivity contribution is 6.42. The topological polar surface area (TPSA) is 104 Å². The number of nitrogens with zero attached hydrogens (tertiary/aromatic N) is 1. The van der Waals surface area contributed by atoms with E-state index in [1.54, 1.807) is 32.0 Å². The number of ether oxygens (including phenoxy) is 2. The van der Waals surface area contributed by atoms with E-state index in [4.69, 9.17) is 14.9 Å². The lowest BCUT2D eigenvalue weighted by molar-refractivity contribution is -0.152. The zero-order valence-corrected chi connectivity index (χ0v) is 18.9. The first-order chi connectivity index (χ1) is 15.2. The zero-order chi connectivity index (χ0) is 25.0. The number of hydrogen-bond donors (Lipinski definition) is 3. The van der Waals surface area contributed by atoms with Crippen molar-refractivity contribution in [3.8, 4) is 11.5 Å². The predicted octanol–water partition coefficient (Wildman–Crippen LogP) is 5.53. The molecule has 0 bridgehead atoms. The number of alkyl halides is 3. The molecule has 2 aromatic rings. The molecule has 0 aliphatic carbocycles. The second kappa shape index (κ2) is 9.93. The minimum absolute atomic E-state index is 0.113. The van der Waals surface area contributed by atoms with Crippen molar-refractivity contribution in [1.29, 1.82) is 5.41 Å². The van der Waals surface area contributed by atoms with Crippen LogP contribution in [0.25, 0.3) is 0 Å². The summed E-state index contributed by atoms with van der Waals surface area (Å²) >= 11 is 0. The van der Waals surface area contributed by atoms with Gasteiger partial charge in [-0.3, -0.25) is 5.43 Å². The van der Waals surface area contributed by atoms with Crippen molar-refractivity contribution in [2.45, 2.75) is 52.5 Å². The van der Waals surface area contributed by atoms with Crippen LogP contribution in [0.1, 0.15) is 38.8 Å². The molecule has 0 aliphatic rings. The van der Waals surface area contributed by atoms with Crippen LogP contribution in [0.4, 0.5) is 18.9 Å². The summed E-state index contributed by atoms with van der Waals surface area (Å²) in [5.41, 5.74) is 1.82. The lowest BCUT2D eigenvalue weighted by Crippen LogP contribution is -2.38. The molecule has 0 aliphatic heterocycles. The quantitative estimate of drug-likeness (QED) is 0.334. The summed E-state index contributed by atoms with van der Waals surface area (Å²) in [6.45, 7) is 7.83. The van der Waals surface area contributed by atoms with Crippen LogP contribution in [-0.2, 0) is 11.0 Å². The number of rotatable bonds is 9. The molecule has 0 fully saturated rings. The molecule has 0 saturated carbocycles. The lowest BCUT2D eigenvalue weighted by Gasteiger charge is -2.23. The van der Waals surface area contributed by atoms with Crippen LogP contribution in [0, 0.1) is 12.3 Å². The number of carboxylic acids is 1. The maximum atomic E-state index is 12.7. The van der Waals surface area contributed by atoms with E-state index in [0.717, 1.165) is 12.1 Å². The van der Waals surface area contributed by atoms with Gasteiger partial charge >= 0.3 is 12.1 Å². The van der Waals surface area contributed by atoms with Gasteiger partial charge in [0, 0.05) is 0 Å². The van der Waals surface area contributed by atoms with Gasteiger partial charge in [0.15, 0.2) is 5.60 Å². The van der Waals surface area contributed by atoms with Gasteiger partial charge in [-0.05, 0) is 82.6 Å². The third kappa shape index (κ3) is 6.96. The van der Waals surface area contributed by atoms with Crippen molar-refractivity contribution in [1.82, 2.24) is 0 Å². The van der Waals surface area contributed by atoms with E-state index in [-0.39, 0.29) is 11.4 Å². The Hall–Kier alpha value is -3.56. The Bertz CT molecular complexity index is 1050. The summed E-state index contributed by atoms with van der Waals surface area (Å²) in [5, 5.41) is 21.3. The number of anilines is 1. The summed E-state index contributed by atoms with van der Waals surface area (Å²) < 4.78 is 49.5. The number of benzene rings is 2. The van der Waals surface area contributed by atoms with E-state index in [2.05, 4.69) is 10.5 Å². The number of carbonyl (C=O) groups is 1. The molecule has 33 heavy (non-hydrogen) atoms. The highest BCUT2D eigenvalue weighted by Gasteiger charge is 2.30. The molecule has 0 aromatic heterocycles. The Labute approximate surface area is 189 Å². The molecule has 10 heteroatoms. The number of hydrogen-bond acceptors (Lipinski definition) is 6. The molecule has 3 N–H and O–H groups in total. The molecule has 1 unspecified atom stereocenters. The first kappa shape index (κ1) is 25.7. The van der Waals surface area contributed by atoms with E-state index >= 15 is 0 Å². The molecule has 0 spiro atoms. The van der Waals surface area contributed by atoms with Gasteiger partial charge in [-0.25, -0.2) is 4.79 Å². The first-order valence-corrected chi connectivity index (χ1v) is 9.97. The highest BCUT2D eigenvalue weighted by atomic mass is 19.4. The number of aryl methyl sites for hydroxylation is 1. The Kier molecular flexibility index (Phi) is 7.73. The van der Waals surface area contributed by atoms with Crippen molar-refractivity contribution in [2.24, 2.45) is 5.10 Å². The zero-order valence-electron chi connectivity index (χ0n) is 18.9. The maximum absolute atomic E-state index is 12.7. The minimum Gasteiger partial charge on any atom is -0.484 e. The van der Waals surface area contributed by atoms with Gasteiger partial charge in [0.05, 0.1) is 17.0 Å². The summed E-state index contributed by atoms with van der Waals surface area (Å²) in [5.74, 6) is -0.258. The molecule has 1 atom stereocenters. The largest absolute Gasteiger partial charge is 0.484 e. The van der Waals surface area contributed by atoms with Crippen molar-refractivity contribution >= 4 is 23.1 Å². The van der Waals surface area contributed by atoms with Crippen molar-refractivity contribution in [3.63, 3.8) is 0 Å². The van der Waals surface area contributed by atoms with Crippen LogP contribution in [-0.4, -0.2) is 34.2 Å². The molecule has 178 valence electrons. The van der Waals surface area contributed by atoms with Gasteiger partial charge in [0.25, 0.3) is 0 Å². The van der Waals surface area contributed by atoms with Crippen LogP contribution in [0.15, 0.2) is 47.6 Å². The van der Waals surface area contributed by atoms with Gasteiger partial charge in [-0.15, -0.1) is 0 Å². The molecule has 0 heterocycles. The third-order valence-electron chi connectivity index (χ3n) is 4.63. The monoisotopic (exact) mass is 465 g/mol. The van der Waals surface area contributed by atoms with E-state index in [9.17, 15) is 23.1 Å². The number of aliphatic carboxylic acids is 1. The SMILES string of the molecule is CC(=N)/C(=N\Nc1ccc(C(F)(F)F)cc1)C(C)Oc1ccc(OC(C)(C)C(=O)O)c(C)c1. The second-order valence-corrected chi connectivity index (χ2v) is 7.91. The fourth-order valence-electron chi connectivity index (χ4n) is 2.73. The summed E-state index contributed by atoms with van der Waals surface area (Å²) in [6.07, 6.45) is -5.09. The van der Waals surface area contributed by atoms with Crippen molar-refractivity contribution in [3.05, 3.63) is 53.6 Å². The van der Waals surface area contributed by atoms with E-state index in [0.29, 0.717) is 22.7 Å². The Morgan fingerprint density at radius 3 is 2.24 bits per heavy atom. The van der Waals surface area contributed by atoms with Crippen molar-refractivity contribution in [2.75, 3.05) is 5.43 Å². The average Bonchev–Trinajstić information content (AvgIpc) is 2.69. The first-order valence-electron chi connectivity index (χ1n) is 9.97. The average molecular weight is 465 g/mol. The van der Waals surface area contributed by atoms with Crippen LogP contribution in [0.5, 0.6) is 11.5 Å². The van der Waals surface area contributed by atoms with Gasteiger partial charge in [0.2, 0.25) is 0 Å². The minimum atomic E-state index is -4.43. The maximum Gasteiger partial charge on any atom is 0.416 e. The number of halogens is 3. The van der Waals surface area contributed by atoms with Crippen LogP contribution in [0.3, 0.4) is 0 Å². The van der Waals surface area contributed by atoms with E-state index in [1.165, 1.54) is 32.9 Å². The molecule has 7 nitrogen and oxygen atoms in total. The van der Waals surface area contributed by atoms with Gasteiger partial charge in [-0.1, -0.05) is 0 Å². The molecule has 2 rings (SSSR count). The Morgan fingerprint density at radius 1 is 1.15 bits per heavy atom. The predicted molar refractivity (Wildman–Crippen MR) is 120 cm³/mol. The van der Waals surface area contributed by atoms with Gasteiger partial charge in [0.1, 0.15) is 23.3 Å². The smallest absolute Gasteiger partial charge is 0.416 e. The van der Waals surface area contributed by atoms with Gasteiger partial charge in [-0.2, -0.15) is 18.3 Å². The van der Waals surface area contributed by atoms with E-state index < -0.39 is 29.4 Å². The molecule has 0 radical (unpaired) electrons. The third-order valence-corrected chi connectivity index (χ3v) is 4.63. The normalized spacial score (nSPS) is 13.3. The molecule has 0 saturated heterocycles. The Morgan fingerprint density at radius 2 is 1.76 bits per heavy atom.